The topological polar surface area (TPSA) is 63.8 Å². The second-order valence-corrected chi connectivity index (χ2v) is 8.03. The Labute approximate surface area is 194 Å². The molecule has 2 aromatic rings. The number of hydrogen-bond acceptors (Lipinski definition) is 5. The molecule has 33 heavy (non-hydrogen) atoms. The van der Waals surface area contributed by atoms with E-state index in [2.05, 4.69) is 43.2 Å². The van der Waals surface area contributed by atoms with E-state index in [4.69, 9.17) is 9.15 Å². The molecular formula is C28H30N2O3. The Bertz CT molecular complexity index is 1370. The van der Waals surface area contributed by atoms with Crippen LogP contribution in [0.2, 0.25) is 0 Å². The maximum atomic E-state index is 12.8. The fourth-order valence-electron chi connectivity index (χ4n) is 4.33. The second-order valence-electron chi connectivity index (χ2n) is 8.03. The summed E-state index contributed by atoms with van der Waals surface area (Å²) in [6, 6.07) is 15.9. The molecule has 5 nitrogen and oxygen atoms in total. The number of anilines is 1. The zero-order valence-electron chi connectivity index (χ0n) is 19.9. The number of carbonyl (C=O) groups is 1. The SMILES string of the molecule is CCN=c1cc2oc3cc(NCC)c(C)c(-c4ccccc4C(=O)OCC)c3cc-2cc1C. The predicted octanol–water partition coefficient (Wildman–Crippen LogP) is 6.35. The molecule has 2 aliphatic rings. The second kappa shape index (κ2) is 9.49. The van der Waals surface area contributed by atoms with Gasteiger partial charge < -0.3 is 14.5 Å². The van der Waals surface area contributed by atoms with Crippen LogP contribution in [0.1, 0.15) is 42.3 Å². The van der Waals surface area contributed by atoms with Crippen LogP contribution < -0.4 is 10.7 Å². The van der Waals surface area contributed by atoms with Crippen molar-refractivity contribution in [3.63, 3.8) is 0 Å². The smallest absolute Gasteiger partial charge is 0.338 e. The predicted molar refractivity (Wildman–Crippen MR) is 134 cm³/mol. The van der Waals surface area contributed by atoms with Gasteiger partial charge in [0.15, 0.2) is 0 Å². The van der Waals surface area contributed by atoms with E-state index in [1.165, 1.54) is 0 Å². The maximum Gasteiger partial charge on any atom is 0.338 e. The van der Waals surface area contributed by atoms with Gasteiger partial charge in [-0.2, -0.15) is 0 Å². The van der Waals surface area contributed by atoms with Crippen LogP contribution in [0, 0.1) is 13.8 Å². The fraction of sp³-hybridized carbons (Fsp3) is 0.286. The van der Waals surface area contributed by atoms with E-state index in [1.807, 2.05) is 50.2 Å². The van der Waals surface area contributed by atoms with Crippen LogP contribution in [0.25, 0.3) is 33.4 Å². The Morgan fingerprint density at radius 3 is 2.58 bits per heavy atom. The van der Waals surface area contributed by atoms with E-state index in [-0.39, 0.29) is 5.97 Å². The van der Waals surface area contributed by atoms with E-state index in [1.54, 1.807) is 0 Å². The minimum Gasteiger partial charge on any atom is -0.462 e. The minimum absolute atomic E-state index is 0.325. The van der Waals surface area contributed by atoms with Crippen molar-refractivity contribution in [2.45, 2.75) is 34.6 Å². The number of hydrogen-bond donors (Lipinski definition) is 1. The largest absolute Gasteiger partial charge is 0.462 e. The van der Waals surface area contributed by atoms with Gasteiger partial charge in [0.2, 0.25) is 0 Å². The van der Waals surface area contributed by atoms with Crippen LogP contribution in [-0.2, 0) is 4.74 Å². The molecule has 0 radical (unpaired) electrons. The maximum absolute atomic E-state index is 12.8. The van der Waals surface area contributed by atoms with E-state index < -0.39 is 0 Å². The quantitative estimate of drug-likeness (QED) is 0.279. The van der Waals surface area contributed by atoms with Gasteiger partial charge in [0.05, 0.1) is 17.5 Å². The molecule has 1 N–H and O–H groups in total. The summed E-state index contributed by atoms with van der Waals surface area (Å²) in [5.74, 6) is 0.463. The number of nitrogens with one attached hydrogen (secondary N) is 1. The van der Waals surface area contributed by atoms with Crippen LogP contribution in [0.4, 0.5) is 5.69 Å². The van der Waals surface area contributed by atoms with E-state index in [9.17, 15) is 4.79 Å². The van der Waals surface area contributed by atoms with Crippen LogP contribution in [0.5, 0.6) is 0 Å². The molecule has 0 atom stereocenters. The summed E-state index contributed by atoms with van der Waals surface area (Å²) >= 11 is 0. The number of aryl methyl sites for hydroxylation is 1. The first-order chi connectivity index (χ1) is 16.0. The van der Waals surface area contributed by atoms with Crippen molar-refractivity contribution in [3.8, 4) is 22.5 Å². The average molecular weight is 443 g/mol. The third-order valence-electron chi connectivity index (χ3n) is 5.82. The Balaban J connectivity index is 2.09. The molecule has 0 spiro atoms. The molecule has 170 valence electrons. The highest BCUT2D eigenvalue weighted by molar-refractivity contribution is 6.06. The van der Waals surface area contributed by atoms with Gasteiger partial charge in [-0.05, 0) is 75.1 Å². The van der Waals surface area contributed by atoms with Gasteiger partial charge in [-0.25, -0.2) is 4.79 Å². The molecule has 0 saturated heterocycles. The van der Waals surface area contributed by atoms with Gasteiger partial charge >= 0.3 is 5.97 Å². The highest BCUT2D eigenvalue weighted by Crippen LogP contribution is 2.41. The first kappa shape index (κ1) is 22.6. The zero-order valence-corrected chi connectivity index (χ0v) is 19.9. The van der Waals surface area contributed by atoms with Crippen LogP contribution >= 0.6 is 0 Å². The summed E-state index contributed by atoms with van der Waals surface area (Å²) in [4.78, 5) is 17.4. The summed E-state index contributed by atoms with van der Waals surface area (Å²) in [6.07, 6.45) is 0. The normalized spacial score (nSPS) is 11.8. The number of carbonyl (C=O) groups excluding carboxylic acids is 1. The van der Waals surface area contributed by atoms with Gasteiger partial charge in [0.25, 0.3) is 0 Å². The number of ether oxygens (including phenoxy) is 1. The summed E-state index contributed by atoms with van der Waals surface area (Å²) in [7, 11) is 0. The number of rotatable bonds is 6. The van der Waals surface area contributed by atoms with Crippen molar-refractivity contribution < 1.29 is 13.9 Å². The lowest BCUT2D eigenvalue weighted by Crippen LogP contribution is -2.09. The van der Waals surface area contributed by atoms with Crippen molar-refractivity contribution in [2.24, 2.45) is 4.99 Å². The number of benzene rings is 3. The Kier molecular flexibility index (Phi) is 6.50. The molecule has 0 aromatic heterocycles. The number of esters is 1. The van der Waals surface area contributed by atoms with Crippen molar-refractivity contribution in [1.29, 1.82) is 0 Å². The lowest BCUT2D eigenvalue weighted by Gasteiger charge is -2.19. The molecule has 1 heterocycles. The van der Waals surface area contributed by atoms with Crippen molar-refractivity contribution in [2.75, 3.05) is 25.0 Å². The molecule has 5 heteroatoms. The summed E-state index contributed by atoms with van der Waals surface area (Å²) < 4.78 is 11.8. The van der Waals surface area contributed by atoms with E-state index in [0.29, 0.717) is 12.2 Å². The average Bonchev–Trinajstić information content (AvgIpc) is 2.80. The molecule has 0 fully saturated rings. The van der Waals surface area contributed by atoms with Gasteiger partial charge in [0.1, 0.15) is 11.3 Å². The Hall–Kier alpha value is -3.60. The van der Waals surface area contributed by atoms with Crippen molar-refractivity contribution in [3.05, 3.63) is 70.6 Å². The molecule has 1 aliphatic carbocycles. The minimum atomic E-state index is -0.325. The summed E-state index contributed by atoms with van der Waals surface area (Å²) in [5.41, 5.74) is 7.25. The van der Waals surface area contributed by atoms with Gasteiger partial charge in [-0.1, -0.05) is 18.2 Å². The van der Waals surface area contributed by atoms with Gasteiger partial charge in [0, 0.05) is 41.9 Å². The first-order valence-corrected chi connectivity index (χ1v) is 11.5. The monoisotopic (exact) mass is 442 g/mol. The summed E-state index contributed by atoms with van der Waals surface area (Å²) in [5, 5.41) is 5.35. The highest BCUT2D eigenvalue weighted by atomic mass is 16.5. The van der Waals surface area contributed by atoms with Crippen LogP contribution in [0.3, 0.4) is 0 Å². The van der Waals surface area contributed by atoms with Crippen LogP contribution in [-0.4, -0.2) is 25.7 Å². The van der Waals surface area contributed by atoms with Crippen molar-refractivity contribution >= 4 is 22.6 Å². The molecule has 2 aromatic carbocycles. The fourth-order valence-corrected chi connectivity index (χ4v) is 4.33. The van der Waals surface area contributed by atoms with Crippen molar-refractivity contribution in [1.82, 2.24) is 0 Å². The lowest BCUT2D eigenvalue weighted by atomic mass is 9.90. The van der Waals surface area contributed by atoms with E-state index >= 15 is 0 Å². The Morgan fingerprint density at radius 2 is 1.85 bits per heavy atom. The number of fused-ring (bicyclic) bond motifs is 2. The van der Waals surface area contributed by atoms with Gasteiger partial charge in [-0.3, -0.25) is 4.99 Å². The molecule has 0 saturated carbocycles. The zero-order chi connectivity index (χ0) is 23.5. The molecule has 1 aliphatic heterocycles. The third kappa shape index (κ3) is 4.23. The van der Waals surface area contributed by atoms with Gasteiger partial charge in [-0.15, -0.1) is 0 Å². The van der Waals surface area contributed by atoms with E-state index in [0.717, 1.165) is 68.7 Å². The molecular weight excluding hydrogens is 412 g/mol. The number of nitrogens with zero attached hydrogens (tertiary/aromatic N) is 1. The standard InChI is InChI=1S/C28H30N2O3/c1-6-29-23-15-25-19(13-17(23)4)14-22-26(33-25)16-24(30-7-2)18(5)27(22)20-11-9-10-12-21(20)28(31)32-8-3/h9-16,30H,6-8H2,1-5H3. The molecule has 0 unspecified atom stereocenters. The van der Waals surface area contributed by atoms with Crippen LogP contribution in [0.15, 0.2) is 57.9 Å². The first-order valence-electron chi connectivity index (χ1n) is 11.5. The molecule has 0 amide bonds. The molecule has 0 bridgehead atoms. The Morgan fingerprint density at radius 1 is 1.06 bits per heavy atom. The molecule has 4 rings (SSSR count). The lowest BCUT2D eigenvalue weighted by molar-refractivity contribution is 0.0527. The summed E-state index contributed by atoms with van der Waals surface area (Å²) in [6.45, 7) is 11.9. The highest BCUT2D eigenvalue weighted by Gasteiger charge is 2.21. The third-order valence-corrected chi connectivity index (χ3v) is 5.82.